The van der Waals surface area contributed by atoms with Crippen molar-refractivity contribution >= 4 is 21.7 Å². The largest absolute Gasteiger partial charge is 0.373 e. The van der Waals surface area contributed by atoms with E-state index < -0.39 is 0 Å². The third kappa shape index (κ3) is 3.39. The number of ether oxygens (including phenoxy) is 1. The molecule has 0 spiro atoms. The molecule has 0 fully saturated rings. The summed E-state index contributed by atoms with van der Waals surface area (Å²) in [5.74, 6) is 1.58. The molecule has 0 aliphatic rings. The van der Waals surface area contributed by atoms with Crippen LogP contribution >= 0.6 is 15.9 Å². The van der Waals surface area contributed by atoms with Crippen LogP contribution in [0.1, 0.15) is 44.3 Å². The molecule has 0 aromatic carbocycles. The van der Waals surface area contributed by atoms with Crippen LogP contribution < -0.4 is 5.32 Å². The third-order valence-corrected chi connectivity index (χ3v) is 3.44. The first-order chi connectivity index (χ1) is 8.17. The minimum atomic E-state index is -0.0363. The molecule has 0 aliphatic heterocycles. The summed E-state index contributed by atoms with van der Waals surface area (Å²) in [5, 5.41) is 3.08. The van der Waals surface area contributed by atoms with Crippen LogP contribution in [0, 0.1) is 0 Å². The molecule has 1 N–H and O–H groups in total. The molecule has 0 bridgehead atoms. The minimum Gasteiger partial charge on any atom is -0.373 e. The monoisotopic (exact) mass is 301 g/mol. The van der Waals surface area contributed by atoms with Crippen molar-refractivity contribution in [3.05, 3.63) is 16.0 Å². The summed E-state index contributed by atoms with van der Waals surface area (Å²) in [7, 11) is 3.55. The van der Waals surface area contributed by atoms with Gasteiger partial charge in [0.1, 0.15) is 11.9 Å². The van der Waals surface area contributed by atoms with Gasteiger partial charge in [0, 0.05) is 14.2 Å². The highest BCUT2D eigenvalue weighted by Crippen LogP contribution is 2.27. The first-order valence-corrected chi connectivity index (χ1v) is 6.74. The van der Waals surface area contributed by atoms with Crippen LogP contribution in [0.3, 0.4) is 0 Å². The Labute approximate surface area is 111 Å². The van der Waals surface area contributed by atoms with E-state index >= 15 is 0 Å². The number of nitrogens with zero attached hydrogens (tertiary/aromatic N) is 2. The van der Waals surface area contributed by atoms with Crippen LogP contribution in [-0.4, -0.2) is 24.1 Å². The van der Waals surface area contributed by atoms with Gasteiger partial charge in [0.25, 0.3) is 0 Å². The predicted octanol–water partition coefficient (Wildman–Crippen LogP) is 3.33. The summed E-state index contributed by atoms with van der Waals surface area (Å²) in [6, 6.07) is 0. The maximum absolute atomic E-state index is 5.39. The lowest BCUT2D eigenvalue weighted by atomic mass is 10.2. The molecule has 1 rings (SSSR count). The number of aromatic nitrogens is 2. The molecule has 0 aliphatic carbocycles. The van der Waals surface area contributed by atoms with Gasteiger partial charge in [0.05, 0.1) is 10.2 Å². The second-order valence-electron chi connectivity index (χ2n) is 3.82. The number of rotatable bonds is 6. The normalized spacial score (nSPS) is 12.5. The second kappa shape index (κ2) is 6.91. The van der Waals surface area contributed by atoms with Gasteiger partial charge in [-0.3, -0.25) is 0 Å². The van der Waals surface area contributed by atoms with Gasteiger partial charge in [-0.25, -0.2) is 9.97 Å². The lowest BCUT2D eigenvalue weighted by Gasteiger charge is -2.15. The molecule has 1 atom stereocenters. The zero-order chi connectivity index (χ0) is 12.8. The summed E-state index contributed by atoms with van der Waals surface area (Å²) < 4.78 is 6.35. The topological polar surface area (TPSA) is 47.0 Å². The number of hydrogen-bond acceptors (Lipinski definition) is 4. The van der Waals surface area contributed by atoms with E-state index in [1.54, 1.807) is 7.11 Å². The molecule has 4 nitrogen and oxygen atoms in total. The van der Waals surface area contributed by atoms with E-state index in [1.807, 2.05) is 7.05 Å². The first kappa shape index (κ1) is 14.4. The number of hydrogen-bond donors (Lipinski definition) is 1. The van der Waals surface area contributed by atoms with Crippen LogP contribution in [-0.2, 0) is 11.2 Å². The van der Waals surface area contributed by atoms with Crippen molar-refractivity contribution in [2.75, 3.05) is 19.5 Å². The van der Waals surface area contributed by atoms with Gasteiger partial charge >= 0.3 is 0 Å². The van der Waals surface area contributed by atoms with Gasteiger partial charge < -0.3 is 10.1 Å². The second-order valence-corrected chi connectivity index (χ2v) is 4.62. The SMILES string of the molecule is CCCc1nc(C(CC)OC)nc(NC)c1Br. The maximum Gasteiger partial charge on any atom is 0.159 e. The van der Waals surface area contributed by atoms with E-state index in [2.05, 4.69) is 45.1 Å². The highest BCUT2D eigenvalue weighted by molar-refractivity contribution is 9.10. The smallest absolute Gasteiger partial charge is 0.159 e. The van der Waals surface area contributed by atoms with Gasteiger partial charge in [-0.2, -0.15) is 0 Å². The lowest BCUT2D eigenvalue weighted by Crippen LogP contribution is -2.11. The fraction of sp³-hybridized carbons (Fsp3) is 0.667. The standard InChI is InChI=1S/C12H20BrN3O/c1-5-7-8-10(13)12(14-3)16-11(15-8)9(6-2)17-4/h9H,5-7H2,1-4H3,(H,14,15,16). The Balaban J connectivity index is 3.18. The first-order valence-electron chi connectivity index (χ1n) is 5.94. The Morgan fingerprint density at radius 1 is 1.35 bits per heavy atom. The molecule has 1 heterocycles. The van der Waals surface area contributed by atoms with E-state index in [9.17, 15) is 0 Å². The van der Waals surface area contributed by atoms with Crippen molar-refractivity contribution in [2.24, 2.45) is 0 Å². The van der Waals surface area contributed by atoms with Gasteiger partial charge in [-0.15, -0.1) is 0 Å². The molecule has 0 amide bonds. The molecule has 5 heteroatoms. The maximum atomic E-state index is 5.39. The van der Waals surface area contributed by atoms with Crippen LogP contribution in [0.15, 0.2) is 4.47 Å². The van der Waals surface area contributed by atoms with Gasteiger partial charge in [-0.1, -0.05) is 20.3 Å². The Kier molecular flexibility index (Phi) is 5.85. The number of halogens is 1. The Morgan fingerprint density at radius 3 is 2.53 bits per heavy atom. The van der Waals surface area contributed by atoms with Crippen molar-refractivity contribution in [3.63, 3.8) is 0 Å². The summed E-state index contributed by atoms with van der Waals surface area (Å²) in [5.41, 5.74) is 1.04. The molecule has 1 aromatic rings. The van der Waals surface area contributed by atoms with Crippen molar-refractivity contribution < 1.29 is 4.74 Å². The van der Waals surface area contributed by atoms with E-state index in [-0.39, 0.29) is 6.10 Å². The summed E-state index contributed by atoms with van der Waals surface area (Å²) >= 11 is 3.54. The number of nitrogens with one attached hydrogen (secondary N) is 1. The van der Waals surface area contributed by atoms with Crippen molar-refractivity contribution in [1.29, 1.82) is 0 Å². The predicted molar refractivity (Wildman–Crippen MR) is 73.3 cm³/mol. The van der Waals surface area contributed by atoms with Crippen LogP contribution in [0.4, 0.5) is 5.82 Å². The van der Waals surface area contributed by atoms with E-state index in [4.69, 9.17) is 4.74 Å². The fourth-order valence-corrected chi connectivity index (χ4v) is 2.25. The molecular weight excluding hydrogens is 282 g/mol. The van der Waals surface area contributed by atoms with Gasteiger partial charge in [0.2, 0.25) is 0 Å². The van der Waals surface area contributed by atoms with Crippen molar-refractivity contribution in [2.45, 2.75) is 39.2 Å². The average Bonchev–Trinajstić information content (AvgIpc) is 2.34. The highest BCUT2D eigenvalue weighted by Gasteiger charge is 2.16. The van der Waals surface area contributed by atoms with Gasteiger partial charge in [-0.05, 0) is 28.8 Å². The third-order valence-electron chi connectivity index (χ3n) is 2.60. The molecular formula is C12H20BrN3O. The number of anilines is 1. The van der Waals surface area contributed by atoms with Crippen LogP contribution in [0.5, 0.6) is 0 Å². The average molecular weight is 302 g/mol. The van der Waals surface area contributed by atoms with Crippen molar-refractivity contribution in [3.8, 4) is 0 Å². The van der Waals surface area contributed by atoms with E-state index in [0.717, 1.165) is 41.1 Å². The summed E-state index contributed by atoms with van der Waals surface area (Å²) in [6.45, 7) is 4.21. The molecule has 0 radical (unpaired) electrons. The Morgan fingerprint density at radius 2 is 2.06 bits per heavy atom. The summed E-state index contributed by atoms with van der Waals surface area (Å²) in [4.78, 5) is 9.07. The Hall–Kier alpha value is -0.680. The highest BCUT2D eigenvalue weighted by atomic mass is 79.9. The molecule has 96 valence electrons. The molecule has 0 saturated heterocycles. The van der Waals surface area contributed by atoms with Crippen LogP contribution in [0.25, 0.3) is 0 Å². The van der Waals surface area contributed by atoms with E-state index in [1.165, 1.54) is 0 Å². The quantitative estimate of drug-likeness (QED) is 0.875. The van der Waals surface area contributed by atoms with E-state index in [0.29, 0.717) is 0 Å². The summed E-state index contributed by atoms with van der Waals surface area (Å²) in [6.07, 6.45) is 2.82. The lowest BCUT2D eigenvalue weighted by molar-refractivity contribution is 0.0924. The zero-order valence-corrected chi connectivity index (χ0v) is 12.5. The number of aryl methyl sites for hydroxylation is 1. The molecule has 0 saturated carbocycles. The fourth-order valence-electron chi connectivity index (χ4n) is 1.68. The molecule has 1 aromatic heterocycles. The van der Waals surface area contributed by atoms with Crippen molar-refractivity contribution in [1.82, 2.24) is 9.97 Å². The Bertz CT molecular complexity index is 367. The zero-order valence-electron chi connectivity index (χ0n) is 10.9. The molecule has 17 heavy (non-hydrogen) atoms. The number of methoxy groups -OCH3 is 1. The molecule has 1 unspecified atom stereocenters. The van der Waals surface area contributed by atoms with Gasteiger partial charge in [0.15, 0.2) is 5.82 Å². The minimum absolute atomic E-state index is 0.0363. The van der Waals surface area contributed by atoms with Crippen LogP contribution in [0.2, 0.25) is 0 Å².